The molecule has 0 saturated carbocycles. The van der Waals surface area contributed by atoms with Crippen molar-refractivity contribution in [3.05, 3.63) is 65.5 Å². The number of aliphatic hydroxyl groups is 1. The van der Waals surface area contributed by atoms with E-state index in [1.54, 1.807) is 0 Å². The molecular weight excluding hydrogens is 354 g/mol. The van der Waals surface area contributed by atoms with E-state index in [-0.39, 0.29) is 21.8 Å². The van der Waals surface area contributed by atoms with Gasteiger partial charge in [0.25, 0.3) is 11.6 Å². The topological polar surface area (TPSA) is 78.9 Å². The highest BCUT2D eigenvalue weighted by Crippen LogP contribution is 2.42. The van der Waals surface area contributed by atoms with Crippen LogP contribution in [0.3, 0.4) is 0 Å². The third-order valence-electron chi connectivity index (χ3n) is 3.97. The lowest BCUT2D eigenvalue weighted by Crippen LogP contribution is -2.56. The molecule has 0 aliphatic carbocycles. The molecule has 1 aliphatic heterocycles. The second-order valence-electron chi connectivity index (χ2n) is 5.78. The number of carbonyl (C=O) groups is 1. The minimum absolute atomic E-state index is 0.0111. The average Bonchev–Trinajstić information content (AvgIpc) is 2.94. The molecule has 26 heavy (non-hydrogen) atoms. The zero-order valence-corrected chi connectivity index (χ0v) is 13.2. The minimum Gasteiger partial charge on any atom is -0.399 e. The van der Waals surface area contributed by atoms with Gasteiger partial charge in [-0.05, 0) is 42.0 Å². The lowest BCUT2D eigenvalue weighted by atomic mass is 10.0. The molecule has 1 amide bonds. The highest BCUT2D eigenvalue weighted by molar-refractivity contribution is 6.05. The molecule has 0 radical (unpaired) electrons. The molecule has 0 saturated heterocycles. The number of rotatable bonds is 2. The number of nitrogen functional groups attached to an aromatic ring is 1. The van der Waals surface area contributed by atoms with Gasteiger partial charge in [0.1, 0.15) is 5.82 Å². The Hall–Kier alpha value is -2.94. The van der Waals surface area contributed by atoms with Gasteiger partial charge in [-0.25, -0.2) is 4.39 Å². The number of benzene rings is 2. The fourth-order valence-corrected chi connectivity index (χ4v) is 2.53. The van der Waals surface area contributed by atoms with E-state index in [9.17, 15) is 27.5 Å². The number of anilines is 1. The molecular formula is C17H13F4N3O2. The van der Waals surface area contributed by atoms with Gasteiger partial charge >= 0.3 is 6.18 Å². The van der Waals surface area contributed by atoms with Gasteiger partial charge in [0, 0.05) is 11.3 Å². The summed E-state index contributed by atoms with van der Waals surface area (Å²) in [7, 11) is 0. The number of hydrogen-bond acceptors (Lipinski definition) is 4. The van der Waals surface area contributed by atoms with Crippen LogP contribution in [0.5, 0.6) is 0 Å². The van der Waals surface area contributed by atoms with E-state index in [2.05, 4.69) is 5.10 Å². The second kappa shape index (κ2) is 6.10. The summed E-state index contributed by atoms with van der Waals surface area (Å²) in [6, 6.07) is 9.72. The van der Waals surface area contributed by atoms with Crippen LogP contribution >= 0.6 is 0 Å². The standard InChI is InChI=1S/C17H13F4N3O2/c18-12-5-1-10(2-6-12)14-9-16(26,17(19,20)21)24(23-14)15(25)11-3-7-13(22)8-4-11/h1-8,26H,9,22H2/t16-/m0/s1. The molecule has 2 aromatic rings. The predicted molar refractivity (Wildman–Crippen MR) is 85.6 cm³/mol. The number of amides is 1. The van der Waals surface area contributed by atoms with Gasteiger partial charge in [-0.2, -0.15) is 23.3 Å². The van der Waals surface area contributed by atoms with Crippen LogP contribution < -0.4 is 5.73 Å². The zero-order chi connectivity index (χ0) is 19.1. The summed E-state index contributed by atoms with van der Waals surface area (Å²) < 4.78 is 53.5. The molecule has 136 valence electrons. The molecule has 0 bridgehead atoms. The van der Waals surface area contributed by atoms with Crippen LogP contribution in [0.15, 0.2) is 53.6 Å². The first kappa shape index (κ1) is 17.9. The fraction of sp³-hybridized carbons (Fsp3) is 0.176. The van der Waals surface area contributed by atoms with Crippen molar-refractivity contribution in [3.63, 3.8) is 0 Å². The maximum atomic E-state index is 13.5. The van der Waals surface area contributed by atoms with Crippen LogP contribution in [0.2, 0.25) is 0 Å². The van der Waals surface area contributed by atoms with Crippen LogP contribution in [0, 0.1) is 5.82 Å². The van der Waals surface area contributed by atoms with Gasteiger partial charge in [0.05, 0.1) is 12.1 Å². The minimum atomic E-state index is -5.15. The normalized spacial score (nSPS) is 20.2. The maximum Gasteiger partial charge on any atom is 0.438 e. The Morgan fingerprint density at radius 1 is 1.12 bits per heavy atom. The summed E-state index contributed by atoms with van der Waals surface area (Å²) in [5.41, 5.74) is 2.18. The molecule has 0 fully saturated rings. The Morgan fingerprint density at radius 2 is 1.69 bits per heavy atom. The first-order chi connectivity index (χ1) is 12.1. The lowest BCUT2D eigenvalue weighted by molar-refractivity contribution is -0.297. The van der Waals surface area contributed by atoms with Crippen molar-refractivity contribution in [2.75, 3.05) is 5.73 Å². The van der Waals surface area contributed by atoms with Crippen LogP contribution in [0.1, 0.15) is 22.3 Å². The SMILES string of the molecule is Nc1ccc(C(=O)N2N=C(c3ccc(F)cc3)C[C@]2(O)C(F)(F)F)cc1. The summed E-state index contributed by atoms with van der Waals surface area (Å²) in [6.07, 6.45) is -6.12. The summed E-state index contributed by atoms with van der Waals surface area (Å²) in [5.74, 6) is -1.71. The Morgan fingerprint density at radius 3 is 2.23 bits per heavy atom. The molecule has 3 N–H and O–H groups in total. The smallest absolute Gasteiger partial charge is 0.399 e. The van der Waals surface area contributed by atoms with Crippen LogP contribution in [0.25, 0.3) is 0 Å². The summed E-state index contributed by atoms with van der Waals surface area (Å²) in [5, 5.41) is 13.9. The molecule has 0 spiro atoms. The lowest BCUT2D eigenvalue weighted by Gasteiger charge is -2.32. The molecule has 9 heteroatoms. The molecule has 3 rings (SSSR count). The van der Waals surface area contributed by atoms with E-state index in [0.29, 0.717) is 5.69 Å². The van der Waals surface area contributed by atoms with E-state index in [0.717, 1.165) is 12.1 Å². The molecule has 1 atom stereocenters. The molecule has 1 aliphatic rings. The molecule has 0 unspecified atom stereocenters. The highest BCUT2D eigenvalue weighted by atomic mass is 19.4. The Bertz CT molecular complexity index is 863. The van der Waals surface area contributed by atoms with Crippen molar-refractivity contribution in [1.29, 1.82) is 0 Å². The van der Waals surface area contributed by atoms with Gasteiger partial charge in [-0.15, -0.1) is 0 Å². The van der Waals surface area contributed by atoms with Crippen molar-refractivity contribution in [3.8, 4) is 0 Å². The van der Waals surface area contributed by atoms with Crippen molar-refractivity contribution < 1.29 is 27.5 Å². The van der Waals surface area contributed by atoms with Crippen molar-refractivity contribution in [2.45, 2.75) is 18.3 Å². The van der Waals surface area contributed by atoms with E-state index >= 15 is 0 Å². The summed E-state index contributed by atoms with van der Waals surface area (Å²) in [6.45, 7) is 0. The van der Waals surface area contributed by atoms with E-state index < -0.39 is 30.0 Å². The van der Waals surface area contributed by atoms with E-state index in [4.69, 9.17) is 5.73 Å². The van der Waals surface area contributed by atoms with Gasteiger partial charge in [0.2, 0.25) is 0 Å². The average molecular weight is 367 g/mol. The van der Waals surface area contributed by atoms with Crippen molar-refractivity contribution in [2.24, 2.45) is 5.10 Å². The molecule has 5 nitrogen and oxygen atoms in total. The summed E-state index contributed by atoms with van der Waals surface area (Å²) in [4.78, 5) is 12.5. The molecule has 0 aromatic heterocycles. The Balaban J connectivity index is 2.03. The van der Waals surface area contributed by atoms with Gasteiger partial charge in [-0.3, -0.25) is 4.79 Å². The Labute approximate surface area is 145 Å². The first-order valence-corrected chi connectivity index (χ1v) is 7.44. The fourth-order valence-electron chi connectivity index (χ4n) is 2.53. The number of alkyl halides is 3. The van der Waals surface area contributed by atoms with Crippen molar-refractivity contribution in [1.82, 2.24) is 5.01 Å². The highest BCUT2D eigenvalue weighted by Gasteiger charge is 2.63. The van der Waals surface area contributed by atoms with E-state index in [1.807, 2.05) is 0 Å². The van der Waals surface area contributed by atoms with Crippen molar-refractivity contribution >= 4 is 17.3 Å². The predicted octanol–water partition coefficient (Wildman–Crippen LogP) is 2.91. The number of carbonyl (C=O) groups excluding carboxylic acids is 1. The first-order valence-electron chi connectivity index (χ1n) is 7.44. The molecule has 2 aromatic carbocycles. The largest absolute Gasteiger partial charge is 0.438 e. The van der Waals surface area contributed by atoms with Gasteiger partial charge in [0.15, 0.2) is 0 Å². The van der Waals surface area contributed by atoms with Crippen LogP contribution in [-0.2, 0) is 0 Å². The number of nitrogens with zero attached hydrogens (tertiary/aromatic N) is 2. The third kappa shape index (κ3) is 3.01. The summed E-state index contributed by atoms with van der Waals surface area (Å²) >= 11 is 0. The van der Waals surface area contributed by atoms with E-state index in [1.165, 1.54) is 36.4 Å². The molecule has 1 heterocycles. The Kier molecular flexibility index (Phi) is 4.19. The van der Waals surface area contributed by atoms with Crippen LogP contribution in [-0.4, -0.2) is 33.6 Å². The number of nitrogens with two attached hydrogens (primary N) is 1. The number of halogens is 4. The zero-order valence-electron chi connectivity index (χ0n) is 13.2. The third-order valence-corrected chi connectivity index (χ3v) is 3.97. The van der Waals surface area contributed by atoms with Gasteiger partial charge < -0.3 is 10.8 Å². The number of hydrogen-bond donors (Lipinski definition) is 2. The van der Waals surface area contributed by atoms with Gasteiger partial charge in [-0.1, -0.05) is 12.1 Å². The number of hydrazone groups is 1. The quantitative estimate of drug-likeness (QED) is 0.633. The second-order valence-corrected chi connectivity index (χ2v) is 5.78. The maximum absolute atomic E-state index is 13.5. The van der Waals surface area contributed by atoms with Crippen LogP contribution in [0.4, 0.5) is 23.2 Å². The monoisotopic (exact) mass is 367 g/mol.